The Morgan fingerprint density at radius 3 is 2.92 bits per heavy atom. The number of benzene rings is 2. The predicted octanol–water partition coefficient (Wildman–Crippen LogP) is 4.05. The smallest absolute Gasteiger partial charge is 0.254 e. The van der Waals surface area contributed by atoms with Crippen molar-refractivity contribution < 1.29 is 13.9 Å². The second-order valence-electron chi connectivity index (χ2n) is 5.36. The molecule has 1 heterocycles. The van der Waals surface area contributed by atoms with Gasteiger partial charge < -0.3 is 15.0 Å². The molecule has 0 fully saturated rings. The lowest BCUT2D eigenvalue weighted by molar-refractivity contribution is 0.0950. The highest BCUT2D eigenvalue weighted by molar-refractivity contribution is 9.10. The van der Waals surface area contributed by atoms with Crippen LogP contribution in [0.15, 0.2) is 47.1 Å². The number of rotatable bonds is 5. The van der Waals surface area contributed by atoms with Crippen molar-refractivity contribution in [2.75, 3.05) is 13.7 Å². The zero-order valence-corrected chi connectivity index (χ0v) is 14.6. The third kappa shape index (κ3) is 3.43. The summed E-state index contributed by atoms with van der Waals surface area (Å²) < 4.78 is 19.6. The number of ether oxygens (including phenoxy) is 1. The van der Waals surface area contributed by atoms with E-state index in [1.54, 1.807) is 13.2 Å². The number of halogens is 2. The summed E-state index contributed by atoms with van der Waals surface area (Å²) in [5.41, 5.74) is 2.11. The second-order valence-corrected chi connectivity index (χ2v) is 6.27. The molecule has 3 aromatic rings. The summed E-state index contributed by atoms with van der Waals surface area (Å²) in [6, 6.07) is 10.1. The number of nitrogens with one attached hydrogen (secondary N) is 2. The largest absolute Gasteiger partial charge is 0.497 e. The molecule has 0 aliphatic heterocycles. The Balaban J connectivity index is 1.68. The Kier molecular flexibility index (Phi) is 4.85. The lowest BCUT2D eigenvalue weighted by Gasteiger charge is -2.07. The number of hydrogen-bond acceptors (Lipinski definition) is 2. The molecule has 0 unspecified atom stereocenters. The van der Waals surface area contributed by atoms with Gasteiger partial charge in [0.2, 0.25) is 0 Å². The number of methoxy groups -OCH3 is 1. The van der Waals surface area contributed by atoms with Crippen molar-refractivity contribution in [2.45, 2.75) is 6.42 Å². The van der Waals surface area contributed by atoms with Gasteiger partial charge in [-0.2, -0.15) is 0 Å². The van der Waals surface area contributed by atoms with Crippen LogP contribution in [0.1, 0.15) is 15.9 Å². The lowest BCUT2D eigenvalue weighted by atomic mass is 10.1. The highest BCUT2D eigenvalue weighted by Gasteiger charge is 2.12. The van der Waals surface area contributed by atoms with Gasteiger partial charge in [0.25, 0.3) is 5.91 Å². The highest BCUT2D eigenvalue weighted by atomic mass is 79.9. The van der Waals surface area contributed by atoms with Gasteiger partial charge in [-0.3, -0.25) is 4.79 Å². The summed E-state index contributed by atoms with van der Waals surface area (Å²) >= 11 is 3.24. The monoisotopic (exact) mass is 390 g/mol. The zero-order valence-electron chi connectivity index (χ0n) is 13.0. The summed E-state index contributed by atoms with van der Waals surface area (Å²) in [6.45, 7) is 0.412. The maximum Gasteiger partial charge on any atom is 0.254 e. The van der Waals surface area contributed by atoms with Gasteiger partial charge >= 0.3 is 0 Å². The fourth-order valence-corrected chi connectivity index (χ4v) is 2.93. The van der Waals surface area contributed by atoms with Crippen molar-refractivity contribution >= 4 is 32.7 Å². The number of aromatic nitrogens is 1. The predicted molar refractivity (Wildman–Crippen MR) is 95.0 cm³/mol. The molecule has 0 saturated carbocycles. The van der Waals surface area contributed by atoms with E-state index in [9.17, 15) is 9.18 Å². The number of carbonyl (C=O) groups is 1. The first kappa shape index (κ1) is 16.5. The molecule has 6 heteroatoms. The number of hydrogen-bond donors (Lipinski definition) is 2. The molecule has 4 nitrogen and oxygen atoms in total. The summed E-state index contributed by atoms with van der Waals surface area (Å²) in [5.74, 6) is -0.178. The van der Waals surface area contributed by atoms with Crippen molar-refractivity contribution in [3.8, 4) is 5.75 Å². The maximum absolute atomic E-state index is 13.7. The van der Waals surface area contributed by atoms with Crippen molar-refractivity contribution in [3.63, 3.8) is 0 Å². The van der Waals surface area contributed by atoms with Gasteiger partial charge in [0.1, 0.15) is 11.6 Å². The zero-order chi connectivity index (χ0) is 17.1. The molecule has 0 aliphatic carbocycles. The summed E-state index contributed by atoms with van der Waals surface area (Å²) in [6.07, 6.45) is 2.55. The summed E-state index contributed by atoms with van der Waals surface area (Å²) in [7, 11) is 1.63. The van der Waals surface area contributed by atoms with Crippen LogP contribution in [-0.4, -0.2) is 24.5 Å². The molecule has 3 rings (SSSR count). The molecule has 1 amide bonds. The topological polar surface area (TPSA) is 54.1 Å². The average Bonchev–Trinajstić information content (AvgIpc) is 2.99. The van der Waals surface area contributed by atoms with Crippen molar-refractivity contribution in [2.24, 2.45) is 0 Å². The van der Waals surface area contributed by atoms with Crippen molar-refractivity contribution in [1.29, 1.82) is 0 Å². The lowest BCUT2D eigenvalue weighted by Crippen LogP contribution is -2.26. The van der Waals surface area contributed by atoms with E-state index in [-0.39, 0.29) is 5.56 Å². The number of amides is 1. The van der Waals surface area contributed by atoms with Gasteiger partial charge in [0.05, 0.1) is 12.7 Å². The van der Waals surface area contributed by atoms with E-state index in [1.807, 2.05) is 24.4 Å². The molecule has 0 aliphatic rings. The van der Waals surface area contributed by atoms with Gasteiger partial charge in [0, 0.05) is 28.1 Å². The molecule has 0 saturated heterocycles. The molecule has 0 radical (unpaired) electrons. The van der Waals surface area contributed by atoms with Crippen LogP contribution in [0.25, 0.3) is 10.9 Å². The van der Waals surface area contributed by atoms with Gasteiger partial charge in [-0.25, -0.2) is 4.39 Å². The van der Waals surface area contributed by atoms with E-state index in [2.05, 4.69) is 26.2 Å². The van der Waals surface area contributed by atoms with Gasteiger partial charge in [0.15, 0.2) is 0 Å². The Labute approximate surface area is 147 Å². The first-order valence-electron chi connectivity index (χ1n) is 7.45. The third-order valence-electron chi connectivity index (χ3n) is 3.83. The van der Waals surface area contributed by atoms with Crippen LogP contribution >= 0.6 is 15.9 Å². The van der Waals surface area contributed by atoms with E-state index in [0.29, 0.717) is 17.4 Å². The molecule has 1 aromatic heterocycles. The molecule has 2 aromatic carbocycles. The third-order valence-corrected chi connectivity index (χ3v) is 4.32. The first-order valence-corrected chi connectivity index (χ1v) is 8.25. The summed E-state index contributed by atoms with van der Waals surface area (Å²) in [5, 5.41) is 3.81. The Morgan fingerprint density at radius 2 is 2.12 bits per heavy atom. The van der Waals surface area contributed by atoms with E-state index in [0.717, 1.165) is 22.2 Å². The van der Waals surface area contributed by atoms with Crippen LogP contribution in [0.3, 0.4) is 0 Å². The van der Waals surface area contributed by atoms with Crippen LogP contribution in [-0.2, 0) is 6.42 Å². The van der Waals surface area contributed by atoms with Crippen molar-refractivity contribution in [3.05, 3.63) is 64.0 Å². The van der Waals surface area contributed by atoms with Gasteiger partial charge in [-0.1, -0.05) is 15.9 Å². The quantitative estimate of drug-likeness (QED) is 0.690. The SMILES string of the molecule is COc1ccc2[nH]cc(CCNC(=O)c3cc(Br)ccc3F)c2c1. The molecule has 0 bridgehead atoms. The van der Waals surface area contributed by atoms with Crippen LogP contribution in [0, 0.1) is 5.82 Å². The van der Waals surface area contributed by atoms with Crippen LogP contribution in [0.5, 0.6) is 5.75 Å². The second kappa shape index (κ2) is 7.05. The van der Waals surface area contributed by atoms with Gasteiger partial charge in [-0.15, -0.1) is 0 Å². The molecule has 124 valence electrons. The first-order chi connectivity index (χ1) is 11.6. The molecule has 0 atom stereocenters. The minimum Gasteiger partial charge on any atom is -0.497 e. The number of fused-ring (bicyclic) bond motifs is 1. The molecule has 0 spiro atoms. The standard InChI is InChI=1S/C18H16BrFN2O2/c1-24-13-3-5-17-14(9-13)11(10-22-17)6-7-21-18(23)15-8-12(19)2-4-16(15)20/h2-5,8-10,22H,6-7H2,1H3,(H,21,23). The van der Waals surface area contributed by atoms with E-state index in [1.165, 1.54) is 12.1 Å². The fourth-order valence-electron chi connectivity index (χ4n) is 2.57. The summed E-state index contributed by atoms with van der Waals surface area (Å²) in [4.78, 5) is 15.3. The van der Waals surface area contributed by atoms with Gasteiger partial charge in [-0.05, 0) is 48.4 Å². The van der Waals surface area contributed by atoms with E-state index >= 15 is 0 Å². The average molecular weight is 391 g/mol. The Hall–Kier alpha value is -2.34. The molecular formula is C18H16BrFN2O2. The minimum absolute atomic E-state index is 0.0324. The van der Waals surface area contributed by atoms with E-state index < -0.39 is 11.7 Å². The normalized spacial score (nSPS) is 10.8. The Morgan fingerprint density at radius 1 is 1.29 bits per heavy atom. The molecular weight excluding hydrogens is 375 g/mol. The van der Waals surface area contributed by atoms with Crippen LogP contribution in [0.4, 0.5) is 4.39 Å². The van der Waals surface area contributed by atoms with Crippen LogP contribution in [0.2, 0.25) is 0 Å². The van der Waals surface area contributed by atoms with E-state index in [4.69, 9.17) is 4.74 Å². The van der Waals surface area contributed by atoms with Crippen molar-refractivity contribution in [1.82, 2.24) is 10.3 Å². The van der Waals surface area contributed by atoms with Crippen LogP contribution < -0.4 is 10.1 Å². The molecule has 2 N–H and O–H groups in total. The number of aromatic amines is 1. The Bertz CT molecular complexity index is 892. The number of carbonyl (C=O) groups excluding carboxylic acids is 1. The highest BCUT2D eigenvalue weighted by Crippen LogP contribution is 2.23. The minimum atomic E-state index is -0.535. The fraction of sp³-hybridized carbons (Fsp3) is 0.167. The maximum atomic E-state index is 13.7. The number of H-pyrrole nitrogens is 1. The molecule has 24 heavy (non-hydrogen) atoms.